The second-order valence-corrected chi connectivity index (χ2v) is 6.45. The number of hydrogen-bond acceptors (Lipinski definition) is 3. The lowest BCUT2D eigenvalue weighted by atomic mass is 10.0. The van der Waals surface area contributed by atoms with Gasteiger partial charge in [-0.3, -0.25) is 0 Å². The van der Waals surface area contributed by atoms with Gasteiger partial charge in [0.05, 0.1) is 0 Å². The van der Waals surface area contributed by atoms with E-state index in [2.05, 4.69) is 24.2 Å². The standard InChI is InChI=1S/C15H23FN2S/c1-10-7-15(18(4)12-5-6-19-9-12)13(8-14(10)16)11(2)17-3/h7-8,11-12,17H,5-6,9H2,1-4H3. The number of rotatable bonds is 4. The molecule has 1 aliphatic heterocycles. The molecule has 0 aromatic heterocycles. The lowest BCUT2D eigenvalue weighted by Gasteiger charge is -2.30. The predicted octanol–water partition coefficient (Wildman–Crippen LogP) is 3.36. The number of aryl methyl sites for hydroxylation is 1. The van der Waals surface area contributed by atoms with E-state index in [0.717, 1.165) is 16.8 Å². The van der Waals surface area contributed by atoms with E-state index >= 15 is 0 Å². The minimum absolute atomic E-state index is 0.116. The number of halogens is 1. The van der Waals surface area contributed by atoms with Crippen LogP contribution in [-0.2, 0) is 0 Å². The van der Waals surface area contributed by atoms with Crippen LogP contribution in [0.25, 0.3) is 0 Å². The summed E-state index contributed by atoms with van der Waals surface area (Å²) in [5, 5.41) is 3.22. The van der Waals surface area contributed by atoms with E-state index in [9.17, 15) is 4.39 Å². The molecule has 2 unspecified atom stereocenters. The van der Waals surface area contributed by atoms with E-state index in [1.807, 2.05) is 31.8 Å². The first kappa shape index (κ1) is 14.7. The minimum Gasteiger partial charge on any atom is -0.370 e. The van der Waals surface area contributed by atoms with Crippen LogP contribution in [0.5, 0.6) is 0 Å². The number of anilines is 1. The van der Waals surface area contributed by atoms with E-state index in [-0.39, 0.29) is 11.9 Å². The Morgan fingerprint density at radius 1 is 1.47 bits per heavy atom. The molecule has 1 aliphatic rings. The molecule has 0 spiro atoms. The van der Waals surface area contributed by atoms with Gasteiger partial charge in [-0.15, -0.1) is 0 Å². The maximum absolute atomic E-state index is 13.8. The predicted molar refractivity (Wildman–Crippen MR) is 82.7 cm³/mol. The van der Waals surface area contributed by atoms with Crippen molar-refractivity contribution >= 4 is 17.4 Å². The minimum atomic E-state index is -0.116. The zero-order chi connectivity index (χ0) is 14.0. The van der Waals surface area contributed by atoms with Crippen LogP contribution in [0.15, 0.2) is 12.1 Å². The molecule has 2 nitrogen and oxygen atoms in total. The molecule has 19 heavy (non-hydrogen) atoms. The average Bonchev–Trinajstić information content (AvgIpc) is 2.93. The Morgan fingerprint density at radius 3 is 2.79 bits per heavy atom. The summed E-state index contributed by atoms with van der Waals surface area (Å²) in [5.74, 6) is 2.28. The van der Waals surface area contributed by atoms with Crippen LogP contribution >= 0.6 is 11.8 Å². The number of nitrogens with one attached hydrogen (secondary N) is 1. The summed E-state index contributed by atoms with van der Waals surface area (Å²) in [5.41, 5.74) is 2.93. The molecule has 0 aliphatic carbocycles. The molecular formula is C15H23FN2S. The highest BCUT2D eigenvalue weighted by atomic mass is 32.2. The Balaban J connectivity index is 2.38. The lowest BCUT2D eigenvalue weighted by Crippen LogP contribution is -2.33. The first-order valence-electron chi connectivity index (χ1n) is 6.82. The Morgan fingerprint density at radius 2 is 2.21 bits per heavy atom. The molecule has 2 rings (SSSR count). The van der Waals surface area contributed by atoms with E-state index in [1.165, 1.54) is 17.9 Å². The summed E-state index contributed by atoms with van der Waals surface area (Å²) in [7, 11) is 4.05. The topological polar surface area (TPSA) is 15.3 Å². The van der Waals surface area contributed by atoms with Gasteiger partial charge in [0.15, 0.2) is 0 Å². The van der Waals surface area contributed by atoms with E-state index in [0.29, 0.717) is 6.04 Å². The molecule has 1 aromatic rings. The number of benzene rings is 1. The monoisotopic (exact) mass is 282 g/mol. The van der Waals surface area contributed by atoms with Gasteiger partial charge in [0.25, 0.3) is 0 Å². The van der Waals surface area contributed by atoms with Gasteiger partial charge in [-0.05, 0) is 56.3 Å². The molecule has 4 heteroatoms. The van der Waals surface area contributed by atoms with Crippen LogP contribution in [0, 0.1) is 12.7 Å². The summed E-state index contributed by atoms with van der Waals surface area (Å²) < 4.78 is 13.8. The second-order valence-electron chi connectivity index (χ2n) is 5.30. The zero-order valence-electron chi connectivity index (χ0n) is 12.2. The second kappa shape index (κ2) is 6.14. The molecule has 0 bridgehead atoms. The largest absolute Gasteiger partial charge is 0.370 e. The van der Waals surface area contributed by atoms with Crippen LogP contribution in [0.4, 0.5) is 10.1 Å². The first-order chi connectivity index (χ1) is 9.04. The van der Waals surface area contributed by atoms with E-state index in [1.54, 1.807) is 6.07 Å². The third kappa shape index (κ3) is 3.06. The van der Waals surface area contributed by atoms with Crippen LogP contribution in [0.2, 0.25) is 0 Å². The summed E-state index contributed by atoms with van der Waals surface area (Å²) in [6.45, 7) is 3.91. The van der Waals surface area contributed by atoms with Gasteiger partial charge in [-0.2, -0.15) is 11.8 Å². The summed E-state index contributed by atoms with van der Waals surface area (Å²) >= 11 is 2.00. The molecule has 0 amide bonds. The Bertz CT molecular complexity index is 444. The maximum Gasteiger partial charge on any atom is 0.126 e. The van der Waals surface area contributed by atoms with Crippen molar-refractivity contribution in [2.45, 2.75) is 32.4 Å². The van der Waals surface area contributed by atoms with Crippen molar-refractivity contribution in [2.24, 2.45) is 0 Å². The number of hydrogen-bond donors (Lipinski definition) is 1. The summed E-state index contributed by atoms with van der Waals surface area (Å²) in [6, 6.07) is 4.39. The normalized spacial score (nSPS) is 20.6. The molecule has 1 N–H and O–H groups in total. The molecule has 0 radical (unpaired) electrons. The van der Waals surface area contributed by atoms with Gasteiger partial charge in [0.2, 0.25) is 0 Å². The van der Waals surface area contributed by atoms with Crippen LogP contribution in [-0.4, -0.2) is 31.6 Å². The molecule has 106 valence electrons. The Hall–Kier alpha value is -0.740. The van der Waals surface area contributed by atoms with Crippen molar-refractivity contribution in [1.82, 2.24) is 5.32 Å². The lowest BCUT2D eigenvalue weighted by molar-refractivity contribution is 0.596. The van der Waals surface area contributed by atoms with Crippen molar-refractivity contribution in [2.75, 3.05) is 30.5 Å². The third-order valence-corrected chi connectivity index (χ3v) is 5.19. The van der Waals surface area contributed by atoms with Crippen LogP contribution in [0.3, 0.4) is 0 Å². The van der Waals surface area contributed by atoms with Crippen LogP contribution < -0.4 is 10.2 Å². The molecule has 2 atom stereocenters. The Labute approximate surface area is 119 Å². The van der Waals surface area contributed by atoms with E-state index < -0.39 is 0 Å². The smallest absolute Gasteiger partial charge is 0.126 e. The van der Waals surface area contributed by atoms with Gasteiger partial charge in [-0.1, -0.05) is 0 Å². The van der Waals surface area contributed by atoms with Gasteiger partial charge in [0.1, 0.15) is 5.82 Å². The highest BCUT2D eigenvalue weighted by Crippen LogP contribution is 2.32. The quantitative estimate of drug-likeness (QED) is 0.911. The van der Waals surface area contributed by atoms with Gasteiger partial charge in [-0.25, -0.2) is 4.39 Å². The van der Waals surface area contributed by atoms with Crippen molar-refractivity contribution in [3.8, 4) is 0 Å². The fourth-order valence-corrected chi connectivity index (χ4v) is 3.78. The van der Waals surface area contributed by atoms with Gasteiger partial charge in [0, 0.05) is 30.6 Å². The highest BCUT2D eigenvalue weighted by Gasteiger charge is 2.24. The highest BCUT2D eigenvalue weighted by molar-refractivity contribution is 7.99. The number of thioether (sulfide) groups is 1. The number of nitrogens with zero attached hydrogens (tertiary/aromatic N) is 1. The zero-order valence-corrected chi connectivity index (χ0v) is 13.0. The first-order valence-corrected chi connectivity index (χ1v) is 7.98. The van der Waals surface area contributed by atoms with Crippen molar-refractivity contribution < 1.29 is 4.39 Å². The molecule has 0 saturated carbocycles. The van der Waals surface area contributed by atoms with Gasteiger partial charge >= 0.3 is 0 Å². The van der Waals surface area contributed by atoms with Crippen molar-refractivity contribution in [1.29, 1.82) is 0 Å². The third-order valence-electron chi connectivity index (χ3n) is 4.04. The Kier molecular flexibility index (Phi) is 4.74. The van der Waals surface area contributed by atoms with Crippen LogP contribution in [0.1, 0.15) is 30.5 Å². The summed E-state index contributed by atoms with van der Waals surface area (Å²) in [4.78, 5) is 2.33. The SMILES string of the molecule is CNC(C)c1cc(F)c(C)cc1N(C)C1CCSC1. The fourth-order valence-electron chi connectivity index (χ4n) is 2.51. The molecule has 1 saturated heterocycles. The maximum atomic E-state index is 13.8. The molecule has 1 aromatic carbocycles. The van der Waals surface area contributed by atoms with Gasteiger partial charge < -0.3 is 10.2 Å². The van der Waals surface area contributed by atoms with E-state index in [4.69, 9.17) is 0 Å². The van der Waals surface area contributed by atoms with Crippen molar-refractivity contribution in [3.63, 3.8) is 0 Å². The average molecular weight is 282 g/mol. The van der Waals surface area contributed by atoms with Crippen molar-refractivity contribution in [3.05, 3.63) is 29.1 Å². The molecule has 1 heterocycles. The molecular weight excluding hydrogens is 259 g/mol. The molecule has 1 fully saturated rings. The fraction of sp³-hybridized carbons (Fsp3) is 0.600. The summed E-state index contributed by atoms with van der Waals surface area (Å²) in [6.07, 6.45) is 1.21.